The number of aromatic nitrogens is 2. The number of rotatable bonds is 8. The number of halogens is 1. The van der Waals surface area contributed by atoms with Gasteiger partial charge in [0, 0.05) is 40.4 Å². The van der Waals surface area contributed by atoms with Gasteiger partial charge in [-0.15, -0.1) is 0 Å². The number of fused-ring (bicyclic) bond motifs is 1. The van der Waals surface area contributed by atoms with Crippen LogP contribution in [0.1, 0.15) is 42.1 Å². The quantitative estimate of drug-likeness (QED) is 0.473. The van der Waals surface area contributed by atoms with Crippen molar-refractivity contribution in [2.45, 2.75) is 31.1 Å². The van der Waals surface area contributed by atoms with Gasteiger partial charge in [0.15, 0.2) is 0 Å². The zero-order valence-corrected chi connectivity index (χ0v) is 19.5. The van der Waals surface area contributed by atoms with Crippen LogP contribution in [0.2, 0.25) is 0 Å². The smallest absolute Gasteiger partial charge is 0.224 e. The third-order valence-corrected chi connectivity index (χ3v) is 6.75. The van der Waals surface area contributed by atoms with Crippen molar-refractivity contribution in [3.63, 3.8) is 0 Å². The van der Waals surface area contributed by atoms with Crippen molar-refractivity contribution in [3.8, 4) is 0 Å². The first-order valence-electron chi connectivity index (χ1n) is 10.8. The maximum Gasteiger partial charge on any atom is 0.224 e. The standard InChI is InChI=1S/C26H26FN3O2S/c1-17-23(12-18-5-8-21(9-6-18)33(2)32)22-10-7-19(27)13-25(22)24(17)14-26(31)29-11-3-4-20-15-28-16-30-20/h5-10,12-13,15-16H,3-4,11,14H2,1-2H3,(H,28,30)(H,29,31)/b23-12-. The number of nitrogens with one attached hydrogen (secondary N) is 2. The molecule has 3 aromatic rings. The number of imidazole rings is 1. The highest BCUT2D eigenvalue weighted by Crippen LogP contribution is 2.43. The first kappa shape index (κ1) is 22.9. The van der Waals surface area contributed by atoms with Crippen molar-refractivity contribution >= 4 is 33.9 Å². The van der Waals surface area contributed by atoms with E-state index in [1.165, 1.54) is 12.1 Å². The molecule has 0 spiro atoms. The minimum absolute atomic E-state index is 0.0831. The van der Waals surface area contributed by atoms with E-state index in [2.05, 4.69) is 15.3 Å². The number of carbonyl (C=O) groups is 1. The summed E-state index contributed by atoms with van der Waals surface area (Å²) in [5.74, 6) is -0.407. The number of H-pyrrole nitrogens is 1. The van der Waals surface area contributed by atoms with Crippen LogP contribution in [0.5, 0.6) is 0 Å². The first-order chi connectivity index (χ1) is 15.9. The Morgan fingerprint density at radius 3 is 2.67 bits per heavy atom. The van der Waals surface area contributed by atoms with E-state index in [0.29, 0.717) is 6.54 Å². The van der Waals surface area contributed by atoms with E-state index in [-0.39, 0.29) is 18.1 Å². The Balaban J connectivity index is 1.52. The van der Waals surface area contributed by atoms with E-state index in [9.17, 15) is 13.4 Å². The molecule has 1 heterocycles. The fourth-order valence-corrected chi connectivity index (χ4v) is 4.57. The lowest BCUT2D eigenvalue weighted by molar-refractivity contribution is -0.120. The van der Waals surface area contributed by atoms with Gasteiger partial charge in [-0.05, 0) is 83.5 Å². The lowest BCUT2D eigenvalue weighted by Gasteiger charge is -2.08. The molecular formula is C26H26FN3O2S. The molecule has 0 aliphatic heterocycles. The molecule has 1 aliphatic rings. The Hall–Kier alpha value is -3.32. The van der Waals surface area contributed by atoms with Crippen molar-refractivity contribution in [2.75, 3.05) is 12.8 Å². The normalized spacial score (nSPS) is 15.1. The van der Waals surface area contributed by atoms with Crippen molar-refractivity contribution < 1.29 is 13.4 Å². The number of aryl methyl sites for hydroxylation is 1. The summed E-state index contributed by atoms with van der Waals surface area (Å²) in [6.45, 7) is 2.54. The largest absolute Gasteiger partial charge is 0.356 e. The van der Waals surface area contributed by atoms with Gasteiger partial charge >= 0.3 is 0 Å². The van der Waals surface area contributed by atoms with Crippen molar-refractivity contribution in [2.24, 2.45) is 0 Å². The van der Waals surface area contributed by atoms with E-state index in [0.717, 1.165) is 56.8 Å². The number of hydrogen-bond acceptors (Lipinski definition) is 3. The lowest BCUT2D eigenvalue weighted by Crippen LogP contribution is -2.24. The Morgan fingerprint density at radius 2 is 1.97 bits per heavy atom. The SMILES string of the molecule is CC1=C(CC(=O)NCCCc2cnc[nH]2)c2cc(F)ccc2/C1=C\c1ccc(S(C)=O)cc1. The zero-order chi connectivity index (χ0) is 23.4. The summed E-state index contributed by atoms with van der Waals surface area (Å²) in [7, 11) is -1.03. The molecule has 7 heteroatoms. The summed E-state index contributed by atoms with van der Waals surface area (Å²) in [4.78, 5) is 20.5. The molecule has 1 unspecified atom stereocenters. The van der Waals surface area contributed by atoms with Crippen molar-refractivity contribution in [3.05, 3.63) is 88.8 Å². The number of benzene rings is 2. The monoisotopic (exact) mass is 463 g/mol. The molecule has 4 rings (SSSR count). The van der Waals surface area contributed by atoms with Crippen molar-refractivity contribution in [1.29, 1.82) is 0 Å². The molecule has 0 saturated heterocycles. The number of aromatic amines is 1. The van der Waals surface area contributed by atoms with Gasteiger partial charge in [-0.25, -0.2) is 9.37 Å². The van der Waals surface area contributed by atoms with Gasteiger partial charge in [0.25, 0.3) is 0 Å². The van der Waals surface area contributed by atoms with Crippen LogP contribution in [0.3, 0.4) is 0 Å². The summed E-state index contributed by atoms with van der Waals surface area (Å²) in [6.07, 6.45) is 8.92. The van der Waals surface area contributed by atoms with Crippen LogP contribution in [0.15, 0.2) is 65.5 Å². The predicted octanol–water partition coefficient (Wildman–Crippen LogP) is 4.75. The Labute approximate surface area is 195 Å². The van der Waals surface area contributed by atoms with Crippen LogP contribution in [0.4, 0.5) is 4.39 Å². The van der Waals surface area contributed by atoms with Crippen LogP contribution in [0, 0.1) is 5.82 Å². The van der Waals surface area contributed by atoms with Crippen LogP contribution in [0.25, 0.3) is 17.2 Å². The number of amides is 1. The number of allylic oxidation sites excluding steroid dienone is 2. The molecule has 0 bridgehead atoms. The highest BCUT2D eigenvalue weighted by Gasteiger charge is 2.25. The van der Waals surface area contributed by atoms with E-state index >= 15 is 0 Å². The second kappa shape index (κ2) is 10.1. The topological polar surface area (TPSA) is 74.8 Å². The second-order valence-corrected chi connectivity index (χ2v) is 9.46. The molecule has 0 radical (unpaired) electrons. The molecule has 1 aliphatic carbocycles. The summed E-state index contributed by atoms with van der Waals surface area (Å²) >= 11 is 0. The first-order valence-corrected chi connectivity index (χ1v) is 12.4. The summed E-state index contributed by atoms with van der Waals surface area (Å²) in [6, 6.07) is 12.3. The summed E-state index contributed by atoms with van der Waals surface area (Å²) in [5.41, 5.74) is 6.45. The summed E-state index contributed by atoms with van der Waals surface area (Å²) in [5, 5.41) is 2.97. The molecule has 1 aromatic heterocycles. The molecular weight excluding hydrogens is 437 g/mol. The Bertz CT molecular complexity index is 1250. The Morgan fingerprint density at radius 1 is 1.18 bits per heavy atom. The maximum atomic E-state index is 14.1. The van der Waals surface area contributed by atoms with Crippen molar-refractivity contribution in [1.82, 2.24) is 15.3 Å². The van der Waals surface area contributed by atoms with Gasteiger partial charge in [-0.3, -0.25) is 9.00 Å². The molecule has 1 atom stereocenters. The number of hydrogen-bond donors (Lipinski definition) is 2. The van der Waals surface area contributed by atoms with Gasteiger partial charge in [0.1, 0.15) is 5.82 Å². The fraction of sp³-hybridized carbons (Fsp3) is 0.231. The molecule has 5 nitrogen and oxygen atoms in total. The third-order valence-electron chi connectivity index (χ3n) is 5.81. The Kier molecular flexibility index (Phi) is 6.99. The maximum absolute atomic E-state index is 14.1. The van der Waals surface area contributed by atoms with E-state index in [4.69, 9.17) is 0 Å². The van der Waals surface area contributed by atoms with Gasteiger partial charge < -0.3 is 10.3 Å². The van der Waals surface area contributed by atoms with Gasteiger partial charge in [0.2, 0.25) is 5.91 Å². The van der Waals surface area contributed by atoms with E-state index in [1.54, 1.807) is 24.8 Å². The van der Waals surface area contributed by atoms with Gasteiger partial charge in [-0.2, -0.15) is 0 Å². The third kappa shape index (κ3) is 5.37. The fourth-order valence-electron chi connectivity index (χ4n) is 4.05. The minimum atomic E-state index is -1.03. The molecule has 0 fully saturated rings. The molecule has 2 N–H and O–H groups in total. The molecule has 2 aromatic carbocycles. The number of nitrogens with zero attached hydrogens (tertiary/aromatic N) is 1. The highest BCUT2D eigenvalue weighted by atomic mass is 32.2. The zero-order valence-electron chi connectivity index (χ0n) is 18.7. The van der Waals surface area contributed by atoms with Gasteiger partial charge in [-0.1, -0.05) is 18.2 Å². The van der Waals surface area contributed by atoms with Crippen LogP contribution >= 0.6 is 0 Å². The second-order valence-electron chi connectivity index (χ2n) is 8.08. The van der Waals surface area contributed by atoms with E-state index < -0.39 is 10.8 Å². The van der Waals surface area contributed by atoms with E-state index in [1.807, 2.05) is 37.3 Å². The molecule has 0 saturated carbocycles. The number of carbonyl (C=O) groups excluding carboxylic acids is 1. The predicted molar refractivity (Wildman–Crippen MR) is 130 cm³/mol. The average molecular weight is 464 g/mol. The minimum Gasteiger partial charge on any atom is -0.356 e. The van der Waals surface area contributed by atoms with Gasteiger partial charge in [0.05, 0.1) is 12.7 Å². The highest BCUT2D eigenvalue weighted by molar-refractivity contribution is 7.84. The molecule has 170 valence electrons. The van der Waals surface area contributed by atoms with Crippen LogP contribution < -0.4 is 5.32 Å². The molecule has 33 heavy (non-hydrogen) atoms. The summed E-state index contributed by atoms with van der Waals surface area (Å²) < 4.78 is 25.7. The van der Waals surface area contributed by atoms with Crippen LogP contribution in [-0.4, -0.2) is 32.9 Å². The lowest BCUT2D eigenvalue weighted by atomic mass is 10.0. The van der Waals surface area contributed by atoms with Crippen LogP contribution in [-0.2, 0) is 22.0 Å². The average Bonchev–Trinajstić information content (AvgIpc) is 3.40. The molecule has 1 amide bonds.